The number of aromatic nitrogens is 6. The van der Waals surface area contributed by atoms with Crippen LogP contribution in [0.4, 0.5) is 5.82 Å². The van der Waals surface area contributed by atoms with Crippen LogP contribution in [0.1, 0.15) is 35.3 Å². The van der Waals surface area contributed by atoms with Gasteiger partial charge in [0.05, 0.1) is 11.7 Å². The van der Waals surface area contributed by atoms with Crippen LogP contribution in [-0.2, 0) is 4.79 Å². The molecule has 1 aromatic carbocycles. The lowest BCUT2D eigenvalue weighted by Gasteiger charge is -2.13. The first-order chi connectivity index (χ1) is 20.8. The van der Waals surface area contributed by atoms with Crippen LogP contribution in [0.25, 0.3) is 38.9 Å². The minimum Gasteiger partial charge on any atom is -0.309 e. The molecule has 43 heavy (non-hydrogen) atoms. The number of rotatable bonds is 5. The molecule has 0 radical (unpaired) electrons. The summed E-state index contributed by atoms with van der Waals surface area (Å²) in [5.41, 5.74) is 7.24. The molecular weight excluding hydrogens is 536 g/mol. The number of aryl methyl sites for hydroxylation is 3. The Kier molecular flexibility index (Phi) is 7.36. The van der Waals surface area contributed by atoms with E-state index in [0.717, 1.165) is 50.1 Å². The normalized spacial score (nSPS) is 11.7. The van der Waals surface area contributed by atoms with Crippen LogP contribution >= 0.6 is 0 Å². The summed E-state index contributed by atoms with van der Waals surface area (Å²) in [6.45, 7) is 7.67. The molecule has 9 heteroatoms. The van der Waals surface area contributed by atoms with Crippen LogP contribution < -0.4 is 10.6 Å². The predicted octanol–water partition coefficient (Wildman–Crippen LogP) is 5.27. The number of nitrogens with zero attached hydrogens (tertiary/aromatic N) is 6. The van der Waals surface area contributed by atoms with Gasteiger partial charge in [0.1, 0.15) is 28.7 Å². The molecule has 0 aliphatic carbocycles. The average Bonchev–Trinajstić information content (AvgIpc) is 3.38. The highest BCUT2D eigenvalue weighted by atomic mass is 16.2. The minimum absolute atomic E-state index is 0.192. The van der Waals surface area contributed by atoms with Gasteiger partial charge in [-0.05, 0) is 94.1 Å². The van der Waals surface area contributed by atoms with Crippen LogP contribution in [0.15, 0.2) is 73.3 Å². The molecule has 2 N–H and O–H groups in total. The Balaban J connectivity index is 1.55. The van der Waals surface area contributed by atoms with Gasteiger partial charge in [-0.15, -0.1) is 0 Å². The van der Waals surface area contributed by atoms with E-state index < -0.39 is 0 Å². The summed E-state index contributed by atoms with van der Waals surface area (Å²) >= 11 is 0. The lowest BCUT2D eigenvalue weighted by atomic mass is 10.0. The Morgan fingerprint density at radius 2 is 1.74 bits per heavy atom. The second kappa shape index (κ2) is 11.4. The van der Waals surface area contributed by atoms with Gasteiger partial charge in [0.25, 0.3) is 0 Å². The van der Waals surface area contributed by atoms with Crippen molar-refractivity contribution in [2.24, 2.45) is 0 Å². The highest BCUT2D eigenvalue weighted by molar-refractivity contribution is 5.94. The lowest BCUT2D eigenvalue weighted by molar-refractivity contribution is -0.117. The first-order valence-corrected chi connectivity index (χ1v) is 14.0. The largest absolute Gasteiger partial charge is 0.309 e. The molecule has 5 aromatic heterocycles. The molecule has 212 valence electrons. The Morgan fingerprint density at radius 1 is 0.930 bits per heavy atom. The van der Waals surface area contributed by atoms with Crippen molar-refractivity contribution in [1.29, 1.82) is 0 Å². The molecule has 0 aliphatic rings. The molecule has 1 unspecified atom stereocenters. The molecule has 0 fully saturated rings. The predicted molar refractivity (Wildman–Crippen MR) is 169 cm³/mol. The van der Waals surface area contributed by atoms with E-state index in [1.165, 1.54) is 0 Å². The van der Waals surface area contributed by atoms with Crippen molar-refractivity contribution in [3.05, 3.63) is 102 Å². The van der Waals surface area contributed by atoms with Gasteiger partial charge in [-0.1, -0.05) is 12.0 Å². The summed E-state index contributed by atoms with van der Waals surface area (Å²) in [5, 5.41) is 8.01. The fourth-order valence-corrected chi connectivity index (χ4v) is 4.84. The fraction of sp³-hybridized carbons (Fsp3) is 0.176. The SMILES string of the molecule is CNC(C)C(=O)Nc1ccc(-c2c(-c3cnc(C)nc3)nc3cc(C)ccn23)c(C#Cc2ccc3c(C)nccc3c2)n1. The van der Waals surface area contributed by atoms with Crippen LogP contribution in [0, 0.1) is 32.6 Å². The van der Waals surface area contributed by atoms with E-state index in [9.17, 15) is 4.79 Å². The molecule has 0 aliphatic heterocycles. The third-order valence-corrected chi connectivity index (χ3v) is 7.35. The molecule has 0 bridgehead atoms. The van der Waals surface area contributed by atoms with E-state index in [1.54, 1.807) is 38.6 Å². The van der Waals surface area contributed by atoms with E-state index >= 15 is 0 Å². The van der Waals surface area contributed by atoms with E-state index in [-0.39, 0.29) is 11.9 Å². The van der Waals surface area contributed by atoms with Crippen LogP contribution in [0.5, 0.6) is 0 Å². The number of anilines is 1. The van der Waals surface area contributed by atoms with Crippen molar-refractivity contribution >= 4 is 28.1 Å². The standard InChI is InChI=1S/C34H30N8O/c1-20-13-15-42-31(16-20)41-32(26-18-37-23(4)38-19-26)33(42)28-9-11-30(40-34(43)22(3)35-5)39-29(28)10-7-24-6-8-27-21(2)36-14-12-25(27)17-24/h6,8-9,11-19,22,35H,1-5H3,(H,39,40,43). The molecular formula is C34H30N8O. The van der Waals surface area contributed by atoms with Crippen molar-refractivity contribution in [3.63, 3.8) is 0 Å². The molecule has 0 saturated carbocycles. The average molecular weight is 567 g/mol. The van der Waals surface area contributed by atoms with Crippen molar-refractivity contribution in [2.45, 2.75) is 33.7 Å². The highest BCUT2D eigenvalue weighted by Gasteiger charge is 2.21. The summed E-state index contributed by atoms with van der Waals surface area (Å²) in [6.07, 6.45) is 7.35. The summed E-state index contributed by atoms with van der Waals surface area (Å²) in [4.78, 5) is 35.7. The molecule has 0 spiro atoms. The first-order valence-electron chi connectivity index (χ1n) is 14.0. The summed E-state index contributed by atoms with van der Waals surface area (Å²) in [5.74, 6) is 7.49. The zero-order chi connectivity index (χ0) is 30.1. The van der Waals surface area contributed by atoms with Crippen LogP contribution in [-0.4, -0.2) is 48.3 Å². The van der Waals surface area contributed by atoms with E-state index in [1.807, 2.05) is 73.8 Å². The molecule has 6 aromatic rings. The van der Waals surface area contributed by atoms with Gasteiger partial charge in [0, 0.05) is 52.6 Å². The number of amides is 1. The maximum Gasteiger partial charge on any atom is 0.242 e. The second-order valence-corrected chi connectivity index (χ2v) is 10.4. The third-order valence-electron chi connectivity index (χ3n) is 7.35. The zero-order valence-electron chi connectivity index (χ0n) is 24.6. The monoisotopic (exact) mass is 566 g/mol. The Bertz CT molecular complexity index is 2070. The molecule has 1 atom stereocenters. The quantitative estimate of drug-likeness (QED) is 0.274. The van der Waals surface area contributed by atoms with Crippen LogP contribution in [0.2, 0.25) is 0 Å². The maximum atomic E-state index is 12.7. The number of likely N-dealkylation sites (N-methyl/N-ethyl adjacent to an activating group) is 1. The smallest absolute Gasteiger partial charge is 0.242 e. The van der Waals surface area contributed by atoms with Gasteiger partial charge >= 0.3 is 0 Å². The fourth-order valence-electron chi connectivity index (χ4n) is 4.84. The number of carbonyl (C=O) groups is 1. The van der Waals surface area contributed by atoms with Gasteiger partial charge in [-0.3, -0.25) is 14.2 Å². The minimum atomic E-state index is -0.387. The number of pyridine rings is 3. The van der Waals surface area contributed by atoms with E-state index in [2.05, 4.69) is 37.4 Å². The summed E-state index contributed by atoms with van der Waals surface area (Å²) < 4.78 is 2.03. The highest BCUT2D eigenvalue weighted by Crippen LogP contribution is 2.34. The van der Waals surface area contributed by atoms with Gasteiger partial charge in [0.2, 0.25) is 5.91 Å². The Labute approximate surface area is 249 Å². The third kappa shape index (κ3) is 5.56. The molecule has 5 heterocycles. The lowest BCUT2D eigenvalue weighted by Crippen LogP contribution is -2.35. The second-order valence-electron chi connectivity index (χ2n) is 10.4. The van der Waals surface area contributed by atoms with Gasteiger partial charge in [0.15, 0.2) is 0 Å². The number of fused-ring (bicyclic) bond motifs is 2. The van der Waals surface area contributed by atoms with Crippen molar-refractivity contribution in [1.82, 2.24) is 34.6 Å². The number of nitrogens with one attached hydrogen (secondary N) is 2. The van der Waals surface area contributed by atoms with Crippen LogP contribution in [0.3, 0.4) is 0 Å². The topological polar surface area (TPSA) is 110 Å². The summed E-state index contributed by atoms with van der Waals surface area (Å²) in [6, 6.07) is 15.4. The van der Waals surface area contributed by atoms with E-state index in [0.29, 0.717) is 23.0 Å². The Hall–Kier alpha value is -5.46. The molecule has 1 amide bonds. The van der Waals surface area contributed by atoms with Gasteiger partial charge in [-0.25, -0.2) is 19.9 Å². The van der Waals surface area contributed by atoms with Crippen molar-refractivity contribution < 1.29 is 4.79 Å². The number of carbonyl (C=O) groups excluding carboxylic acids is 1. The number of hydrogen-bond acceptors (Lipinski definition) is 7. The zero-order valence-corrected chi connectivity index (χ0v) is 24.6. The van der Waals surface area contributed by atoms with Crippen molar-refractivity contribution in [2.75, 3.05) is 12.4 Å². The van der Waals surface area contributed by atoms with E-state index in [4.69, 9.17) is 9.97 Å². The molecule has 0 saturated heterocycles. The molecule has 6 rings (SSSR count). The first kappa shape index (κ1) is 27.7. The number of hydrogen-bond donors (Lipinski definition) is 2. The number of benzene rings is 1. The van der Waals surface area contributed by atoms with Gasteiger partial charge < -0.3 is 10.6 Å². The molecule has 9 nitrogen and oxygen atoms in total. The Morgan fingerprint density at radius 3 is 2.53 bits per heavy atom. The van der Waals surface area contributed by atoms with Crippen molar-refractivity contribution in [3.8, 4) is 34.4 Å². The number of imidazole rings is 1. The summed E-state index contributed by atoms with van der Waals surface area (Å²) in [7, 11) is 1.74. The maximum absolute atomic E-state index is 12.7. The van der Waals surface area contributed by atoms with Gasteiger partial charge in [-0.2, -0.15) is 0 Å².